The number of ketones is 1. The van der Waals surface area contributed by atoms with E-state index in [0.29, 0.717) is 17.7 Å². The zero-order valence-electron chi connectivity index (χ0n) is 16.2. The molecule has 0 amide bonds. The summed E-state index contributed by atoms with van der Waals surface area (Å²) in [5, 5.41) is 3.27. The monoisotopic (exact) mass is 495 g/mol. The van der Waals surface area contributed by atoms with Gasteiger partial charge in [0, 0.05) is 17.5 Å². The molecule has 168 valence electrons. The summed E-state index contributed by atoms with van der Waals surface area (Å²) in [6, 6.07) is 5.13. The maximum absolute atomic E-state index is 13.9. The van der Waals surface area contributed by atoms with E-state index in [4.69, 9.17) is 23.2 Å². The van der Waals surface area contributed by atoms with Crippen molar-refractivity contribution < 1.29 is 30.9 Å². The fourth-order valence-corrected chi connectivity index (χ4v) is 6.29. The van der Waals surface area contributed by atoms with Gasteiger partial charge in [-0.25, -0.2) is 13.2 Å². The molecule has 1 fully saturated rings. The normalized spacial score (nSPS) is 21.1. The van der Waals surface area contributed by atoms with Gasteiger partial charge in [0.15, 0.2) is 28.0 Å². The fourth-order valence-electron chi connectivity index (χ4n) is 4.49. The van der Waals surface area contributed by atoms with Crippen LogP contribution in [-0.4, -0.2) is 36.6 Å². The van der Waals surface area contributed by atoms with Gasteiger partial charge in [0.1, 0.15) is 0 Å². The van der Waals surface area contributed by atoms with Crippen LogP contribution in [0.25, 0.3) is 0 Å². The number of carbonyl (C=O) groups is 1. The van der Waals surface area contributed by atoms with Crippen LogP contribution in [0.2, 0.25) is 10.0 Å². The first-order chi connectivity index (χ1) is 14.4. The van der Waals surface area contributed by atoms with Gasteiger partial charge >= 0.3 is 0 Å². The van der Waals surface area contributed by atoms with Gasteiger partial charge in [0.05, 0.1) is 10.0 Å². The minimum absolute atomic E-state index is 0.0590. The Balaban J connectivity index is 2.36. The number of carbonyl (C=O) groups excluding carboxylic acids is 1. The van der Waals surface area contributed by atoms with E-state index in [1.807, 2.05) is 0 Å². The highest BCUT2D eigenvalue weighted by molar-refractivity contribution is 7.88. The summed E-state index contributed by atoms with van der Waals surface area (Å²) in [7, 11) is -5.18. The molecule has 11 heteroatoms. The van der Waals surface area contributed by atoms with E-state index in [0.717, 1.165) is 0 Å². The highest BCUT2D eigenvalue weighted by Crippen LogP contribution is 2.50. The predicted molar refractivity (Wildman–Crippen MR) is 111 cm³/mol. The average molecular weight is 496 g/mol. The number of halogens is 5. The van der Waals surface area contributed by atoms with Gasteiger partial charge in [0.2, 0.25) is 0 Å². The molecule has 0 aromatic heterocycles. The van der Waals surface area contributed by atoms with Gasteiger partial charge in [-0.2, -0.15) is 8.42 Å². The van der Waals surface area contributed by atoms with Crippen molar-refractivity contribution in [3.8, 4) is 0 Å². The van der Waals surface area contributed by atoms with Gasteiger partial charge < -0.3 is 5.32 Å². The van der Waals surface area contributed by atoms with Crippen LogP contribution >= 0.6 is 23.2 Å². The molecular formula is C20H18Cl2F3NO4S. The summed E-state index contributed by atoms with van der Waals surface area (Å²) in [5.74, 6) is -6.37. The van der Waals surface area contributed by atoms with Crippen LogP contribution in [-0.2, 0) is 15.5 Å². The Morgan fingerprint density at radius 2 is 1.77 bits per heavy atom. The van der Waals surface area contributed by atoms with Crippen LogP contribution in [0.3, 0.4) is 0 Å². The van der Waals surface area contributed by atoms with Crippen molar-refractivity contribution in [1.29, 1.82) is 0 Å². The van der Waals surface area contributed by atoms with Crippen LogP contribution in [0.4, 0.5) is 13.2 Å². The lowest BCUT2D eigenvalue weighted by atomic mass is 9.65. The quantitative estimate of drug-likeness (QED) is 0.348. The molecule has 0 aliphatic carbocycles. The second-order valence-corrected chi connectivity index (χ2v) is 9.84. The molecule has 2 aromatic carbocycles. The molecule has 1 heterocycles. The van der Waals surface area contributed by atoms with Crippen molar-refractivity contribution in [1.82, 2.24) is 5.32 Å². The first-order valence-corrected chi connectivity index (χ1v) is 11.4. The van der Waals surface area contributed by atoms with Crippen molar-refractivity contribution in [2.75, 3.05) is 13.1 Å². The first-order valence-electron chi connectivity index (χ1n) is 9.24. The van der Waals surface area contributed by atoms with Crippen molar-refractivity contribution in [3.63, 3.8) is 0 Å². The van der Waals surface area contributed by atoms with Crippen molar-refractivity contribution in [3.05, 3.63) is 69.0 Å². The van der Waals surface area contributed by atoms with Gasteiger partial charge in [-0.05, 0) is 49.2 Å². The SMILES string of the molecule is CCC(C(=O)c1cc(F)c(F)c(F)c1)(C1(c2ccc(Cl)c(Cl)c2)CCNC1)S(=O)(=O)O. The first kappa shape index (κ1) is 24.0. The largest absolute Gasteiger partial charge is 0.316 e. The molecule has 2 N–H and O–H groups in total. The molecule has 3 rings (SSSR count). The van der Waals surface area contributed by atoms with Crippen molar-refractivity contribution >= 4 is 39.1 Å². The molecule has 2 atom stereocenters. The van der Waals surface area contributed by atoms with E-state index < -0.39 is 55.5 Å². The number of hydrogen-bond donors (Lipinski definition) is 2. The zero-order chi connectivity index (χ0) is 23.2. The molecule has 0 spiro atoms. The maximum Gasteiger partial charge on any atom is 0.279 e. The third-order valence-electron chi connectivity index (χ3n) is 5.95. The Morgan fingerprint density at radius 3 is 2.23 bits per heavy atom. The van der Waals surface area contributed by atoms with Gasteiger partial charge in [-0.3, -0.25) is 9.35 Å². The number of nitrogens with one attached hydrogen (secondary N) is 1. The third-order valence-corrected chi connectivity index (χ3v) is 8.44. The van der Waals surface area contributed by atoms with E-state index in [2.05, 4.69) is 5.32 Å². The number of hydrogen-bond acceptors (Lipinski definition) is 4. The Morgan fingerprint density at radius 1 is 1.16 bits per heavy atom. The van der Waals surface area contributed by atoms with E-state index in [1.54, 1.807) is 0 Å². The number of benzene rings is 2. The Bertz CT molecular complexity index is 1130. The van der Waals surface area contributed by atoms with E-state index in [1.165, 1.54) is 25.1 Å². The van der Waals surface area contributed by atoms with Gasteiger partial charge in [0.25, 0.3) is 10.1 Å². The van der Waals surface area contributed by atoms with Crippen LogP contribution in [0.1, 0.15) is 35.7 Å². The molecule has 0 saturated carbocycles. The summed E-state index contributed by atoms with van der Waals surface area (Å²) in [6.45, 7) is 1.59. The second kappa shape index (κ2) is 8.37. The average Bonchev–Trinajstić information content (AvgIpc) is 3.18. The van der Waals surface area contributed by atoms with Gasteiger partial charge in [-0.15, -0.1) is 0 Å². The standard InChI is InChI=1S/C20H18Cl2F3NO4S/c1-2-20(31(28,29)30,18(27)11-7-15(23)17(25)16(24)8-11)19(5-6-26-10-19)12-3-4-13(21)14(22)9-12/h3-4,7-9,26H,2,5-6,10H2,1H3,(H,28,29,30). The topological polar surface area (TPSA) is 83.5 Å². The van der Waals surface area contributed by atoms with Crippen molar-refractivity contribution in [2.45, 2.75) is 29.9 Å². The smallest absolute Gasteiger partial charge is 0.279 e. The maximum atomic E-state index is 13.9. The summed E-state index contributed by atoms with van der Waals surface area (Å²) in [5.41, 5.74) is -1.98. The van der Waals surface area contributed by atoms with Crippen LogP contribution in [0.15, 0.2) is 30.3 Å². The Hall–Kier alpha value is -1.65. The number of rotatable bonds is 6. The summed E-state index contributed by atoms with van der Waals surface area (Å²) < 4.78 is 74.7. The fraction of sp³-hybridized carbons (Fsp3) is 0.350. The zero-order valence-corrected chi connectivity index (χ0v) is 18.5. The van der Waals surface area contributed by atoms with Crippen molar-refractivity contribution in [2.24, 2.45) is 0 Å². The summed E-state index contributed by atoms with van der Waals surface area (Å²) >= 11 is 12.1. The molecule has 0 radical (unpaired) electrons. The predicted octanol–water partition coefficient (Wildman–Crippen LogP) is 4.56. The second-order valence-electron chi connectivity index (χ2n) is 7.38. The molecule has 5 nitrogen and oxygen atoms in total. The van der Waals surface area contributed by atoms with E-state index in [9.17, 15) is 30.9 Å². The molecule has 31 heavy (non-hydrogen) atoms. The minimum atomic E-state index is -5.18. The third kappa shape index (κ3) is 3.66. The molecule has 1 aliphatic rings. The van der Waals surface area contributed by atoms with E-state index >= 15 is 0 Å². The molecule has 1 aliphatic heterocycles. The highest BCUT2D eigenvalue weighted by Gasteiger charge is 2.65. The van der Waals surface area contributed by atoms with Crippen LogP contribution in [0, 0.1) is 17.5 Å². The molecule has 2 unspecified atom stereocenters. The minimum Gasteiger partial charge on any atom is -0.316 e. The summed E-state index contributed by atoms with van der Waals surface area (Å²) in [4.78, 5) is 13.6. The molecule has 2 aromatic rings. The van der Waals surface area contributed by atoms with E-state index in [-0.39, 0.29) is 29.6 Å². The molecule has 0 bridgehead atoms. The lowest BCUT2D eigenvalue weighted by molar-refractivity contribution is 0.0867. The lowest BCUT2D eigenvalue weighted by Gasteiger charge is -2.45. The van der Waals surface area contributed by atoms with Gasteiger partial charge in [-0.1, -0.05) is 36.2 Å². The Labute approximate surface area is 187 Å². The lowest BCUT2D eigenvalue weighted by Crippen LogP contribution is -2.62. The number of Topliss-reactive ketones (excluding diaryl/α,β-unsaturated/α-hetero) is 1. The highest BCUT2D eigenvalue weighted by atomic mass is 35.5. The van der Waals surface area contributed by atoms with Crippen LogP contribution < -0.4 is 5.32 Å². The molecular weight excluding hydrogens is 478 g/mol. The Kier molecular flexibility index (Phi) is 6.48. The molecule has 1 saturated heterocycles. The van der Waals surface area contributed by atoms with Crippen LogP contribution in [0.5, 0.6) is 0 Å². The summed E-state index contributed by atoms with van der Waals surface area (Å²) in [6.07, 6.45) is -0.357.